The smallest absolute Gasteiger partial charge is 0.0443 e. The normalized spacial score (nSPS) is 17.9. The second kappa shape index (κ2) is 11.4. The molecule has 0 nitrogen and oxygen atoms in total. The van der Waals surface area contributed by atoms with E-state index >= 15 is 0 Å². The van der Waals surface area contributed by atoms with Crippen molar-refractivity contribution in [3.63, 3.8) is 0 Å². The van der Waals surface area contributed by atoms with Crippen LogP contribution in [0.4, 0.5) is 0 Å². The summed E-state index contributed by atoms with van der Waals surface area (Å²) in [6, 6.07) is 21.5. The fraction of sp³-hybridized carbons (Fsp3) is 0.526. The van der Waals surface area contributed by atoms with Crippen LogP contribution in [0.15, 0.2) is 54.6 Å². The van der Waals surface area contributed by atoms with Crippen LogP contribution in [-0.2, 0) is 10.8 Å². The van der Waals surface area contributed by atoms with Crippen molar-refractivity contribution < 1.29 is 0 Å². The molecule has 0 amide bonds. The van der Waals surface area contributed by atoms with Gasteiger partial charge in [-0.3, -0.25) is 0 Å². The highest BCUT2D eigenvalue weighted by Gasteiger charge is 2.31. The highest BCUT2D eigenvalue weighted by Crippen LogP contribution is 2.43. The van der Waals surface area contributed by atoms with E-state index in [4.69, 9.17) is 11.6 Å². The van der Waals surface area contributed by atoms with Gasteiger partial charge < -0.3 is 0 Å². The van der Waals surface area contributed by atoms with Gasteiger partial charge in [0.1, 0.15) is 0 Å². The molecule has 0 radical (unpaired) electrons. The summed E-state index contributed by atoms with van der Waals surface area (Å²) in [4.78, 5) is 0. The van der Waals surface area contributed by atoms with E-state index in [1.54, 1.807) is 5.56 Å². The van der Waals surface area contributed by atoms with Crippen LogP contribution in [-0.4, -0.2) is 0 Å². The summed E-state index contributed by atoms with van der Waals surface area (Å²) in [5.41, 5.74) is 11.1. The Balaban J connectivity index is 1.51. The molecule has 0 N–H and O–H groups in total. The molecular weight excluding hydrogens is 492 g/mol. The van der Waals surface area contributed by atoms with Crippen molar-refractivity contribution in [2.45, 2.75) is 128 Å². The maximum Gasteiger partial charge on any atom is 0.0443 e. The second-order valence-corrected chi connectivity index (χ2v) is 14.2. The molecule has 0 aliphatic heterocycles. The van der Waals surface area contributed by atoms with Gasteiger partial charge in [-0.2, -0.15) is 0 Å². The largest absolute Gasteiger partial charge is 0.0840 e. The molecule has 3 aromatic rings. The zero-order valence-corrected chi connectivity index (χ0v) is 26.1. The van der Waals surface area contributed by atoms with Crippen LogP contribution >= 0.6 is 11.6 Å². The number of aryl methyl sites for hydroxylation is 2. The molecule has 1 heteroatoms. The third-order valence-corrected chi connectivity index (χ3v) is 10.7. The van der Waals surface area contributed by atoms with Gasteiger partial charge in [0.2, 0.25) is 0 Å². The zero-order chi connectivity index (χ0) is 27.8. The zero-order valence-electron chi connectivity index (χ0n) is 25.3. The molecule has 3 aromatic carbocycles. The lowest BCUT2D eigenvalue weighted by molar-refractivity contribution is 0.443. The van der Waals surface area contributed by atoms with E-state index < -0.39 is 0 Å². The third kappa shape index (κ3) is 5.74. The van der Waals surface area contributed by atoms with Gasteiger partial charge in [0.25, 0.3) is 0 Å². The van der Waals surface area contributed by atoms with E-state index in [0.29, 0.717) is 5.92 Å². The summed E-state index contributed by atoms with van der Waals surface area (Å²) in [5, 5.41) is 0.960. The minimum Gasteiger partial charge on any atom is -0.0840 e. The molecule has 2 saturated carbocycles. The number of benzene rings is 3. The first-order valence-electron chi connectivity index (χ1n) is 15.6. The van der Waals surface area contributed by atoms with Crippen molar-refractivity contribution in [2.24, 2.45) is 0 Å². The number of hydrogen-bond acceptors (Lipinski definition) is 0. The van der Waals surface area contributed by atoms with Crippen LogP contribution in [0.25, 0.3) is 0 Å². The summed E-state index contributed by atoms with van der Waals surface area (Å²) in [5.74, 6) is 1.33. The van der Waals surface area contributed by atoms with Gasteiger partial charge in [-0.1, -0.05) is 126 Å². The Morgan fingerprint density at radius 1 is 0.590 bits per heavy atom. The van der Waals surface area contributed by atoms with Gasteiger partial charge in [0, 0.05) is 15.9 Å². The van der Waals surface area contributed by atoms with Crippen LogP contribution in [0.2, 0.25) is 5.02 Å². The van der Waals surface area contributed by atoms with Crippen LogP contribution in [0, 0.1) is 13.8 Å². The fourth-order valence-corrected chi connectivity index (χ4v) is 8.07. The Hall–Kier alpha value is -2.05. The lowest BCUT2D eigenvalue weighted by atomic mass is 9.70. The van der Waals surface area contributed by atoms with Crippen molar-refractivity contribution in [2.75, 3.05) is 0 Å². The van der Waals surface area contributed by atoms with Gasteiger partial charge in [0.05, 0.1) is 0 Å². The summed E-state index contributed by atoms with van der Waals surface area (Å²) in [6.45, 7) is 14.2. The first kappa shape index (κ1) is 28.5. The summed E-state index contributed by atoms with van der Waals surface area (Å²) in [6.07, 6.45) is 13.4. The molecule has 0 heterocycles. The predicted molar refractivity (Wildman–Crippen MR) is 170 cm³/mol. The summed E-state index contributed by atoms with van der Waals surface area (Å²) >= 11 is 6.87. The molecule has 0 atom stereocenters. The molecule has 0 spiro atoms. The molecule has 208 valence electrons. The van der Waals surface area contributed by atoms with Crippen molar-refractivity contribution in [3.05, 3.63) is 104 Å². The monoisotopic (exact) mass is 540 g/mol. The topological polar surface area (TPSA) is 0 Å². The minimum absolute atomic E-state index is 0.0663. The number of hydrogen-bond donors (Lipinski definition) is 0. The Morgan fingerprint density at radius 2 is 1.13 bits per heavy atom. The Morgan fingerprint density at radius 3 is 1.72 bits per heavy atom. The van der Waals surface area contributed by atoms with E-state index in [-0.39, 0.29) is 10.8 Å². The maximum atomic E-state index is 6.87. The molecule has 0 unspecified atom stereocenters. The average Bonchev–Trinajstić information content (AvgIpc) is 2.94. The van der Waals surface area contributed by atoms with Gasteiger partial charge in [-0.05, 0) is 102 Å². The maximum absolute atomic E-state index is 6.87. The van der Waals surface area contributed by atoms with Crippen molar-refractivity contribution >= 4 is 11.6 Å². The van der Waals surface area contributed by atoms with Crippen LogP contribution in [0.3, 0.4) is 0 Å². The molecule has 0 bridgehead atoms. The van der Waals surface area contributed by atoms with Gasteiger partial charge in [-0.25, -0.2) is 0 Å². The molecular formula is C38H49Cl. The summed E-state index contributed by atoms with van der Waals surface area (Å²) < 4.78 is 0. The quantitative estimate of drug-likeness (QED) is 0.291. The van der Waals surface area contributed by atoms with Gasteiger partial charge >= 0.3 is 0 Å². The molecule has 2 fully saturated rings. The van der Waals surface area contributed by atoms with E-state index in [1.165, 1.54) is 103 Å². The minimum atomic E-state index is -0.108. The predicted octanol–water partition coefficient (Wildman–Crippen LogP) is 11.7. The fourth-order valence-electron chi connectivity index (χ4n) is 7.70. The summed E-state index contributed by atoms with van der Waals surface area (Å²) in [7, 11) is 0. The van der Waals surface area contributed by atoms with E-state index in [9.17, 15) is 0 Å². The molecule has 2 aliphatic carbocycles. The lowest BCUT2D eigenvalue weighted by Crippen LogP contribution is -2.25. The second-order valence-electron chi connectivity index (χ2n) is 13.8. The van der Waals surface area contributed by atoms with E-state index in [2.05, 4.69) is 96.1 Å². The first-order chi connectivity index (χ1) is 18.6. The van der Waals surface area contributed by atoms with E-state index in [0.717, 1.165) is 10.9 Å². The lowest BCUT2D eigenvalue weighted by Gasteiger charge is -2.34. The van der Waals surface area contributed by atoms with Crippen LogP contribution < -0.4 is 0 Å². The van der Waals surface area contributed by atoms with E-state index in [1.807, 2.05) is 0 Å². The standard InChI is InChI=1S/C38H49Cl/c1-26-20-21-30(28-14-9-7-10-15-28)23-34(26)37(3,4)31-18-13-19-32(24-31)38(5,6)35-25-33(36(39)22-27(35)2)29-16-11-8-12-17-29/h13,18-25,28-29H,7-12,14-17H2,1-6H3. The number of halogens is 1. The number of rotatable bonds is 6. The SMILES string of the molecule is Cc1ccc(C2CCCCC2)cc1C(C)(C)c1cccc(C(C)(C)c2cc(C3CCCCC3)c(Cl)cc2C)c1. The Bertz CT molecular complexity index is 1300. The molecule has 2 aliphatic rings. The first-order valence-corrected chi connectivity index (χ1v) is 16.0. The average molecular weight is 541 g/mol. The van der Waals surface area contributed by atoms with Crippen LogP contribution in [0.5, 0.6) is 0 Å². The highest BCUT2D eigenvalue weighted by atomic mass is 35.5. The Labute approximate surface area is 243 Å². The molecule has 0 saturated heterocycles. The highest BCUT2D eigenvalue weighted by molar-refractivity contribution is 6.31. The van der Waals surface area contributed by atoms with Crippen molar-refractivity contribution in [1.29, 1.82) is 0 Å². The van der Waals surface area contributed by atoms with Crippen LogP contribution in [0.1, 0.15) is 148 Å². The van der Waals surface area contributed by atoms with Crippen molar-refractivity contribution in [1.82, 2.24) is 0 Å². The molecule has 39 heavy (non-hydrogen) atoms. The van der Waals surface area contributed by atoms with Crippen molar-refractivity contribution in [3.8, 4) is 0 Å². The molecule has 0 aromatic heterocycles. The van der Waals surface area contributed by atoms with Gasteiger partial charge in [-0.15, -0.1) is 0 Å². The van der Waals surface area contributed by atoms with Gasteiger partial charge in [0.15, 0.2) is 0 Å². The third-order valence-electron chi connectivity index (χ3n) is 10.4. The molecule has 5 rings (SSSR count). The Kier molecular flexibility index (Phi) is 8.36.